The van der Waals surface area contributed by atoms with Gasteiger partial charge in [-0.25, -0.2) is 8.42 Å². The number of benzene rings is 2. The second-order valence-electron chi connectivity index (χ2n) is 6.56. The van der Waals surface area contributed by atoms with Crippen molar-refractivity contribution in [2.75, 3.05) is 13.7 Å². The predicted octanol–water partition coefficient (Wildman–Crippen LogP) is 1.68. The molecule has 0 aromatic heterocycles. The third-order valence-corrected chi connectivity index (χ3v) is 5.70. The van der Waals surface area contributed by atoms with E-state index in [-0.39, 0.29) is 4.90 Å². The number of aliphatic hydroxyl groups excluding tert-OH is 1. The zero-order valence-corrected chi connectivity index (χ0v) is 16.0. The van der Waals surface area contributed by atoms with Gasteiger partial charge in [-0.3, -0.25) is 4.79 Å². The van der Waals surface area contributed by atoms with Gasteiger partial charge >= 0.3 is 0 Å². The Morgan fingerprint density at radius 3 is 2.23 bits per heavy atom. The molecule has 0 saturated heterocycles. The summed E-state index contributed by atoms with van der Waals surface area (Å²) in [6, 6.07) is 15.6. The topological polar surface area (TPSA) is 86.7 Å². The van der Waals surface area contributed by atoms with Gasteiger partial charge in [-0.05, 0) is 31.5 Å². The van der Waals surface area contributed by atoms with Gasteiger partial charge in [0.05, 0.1) is 11.5 Å². The molecular formula is C19H24N2O4S. The minimum absolute atomic E-state index is 0.0429. The number of nitrogens with one attached hydrogen (secondary N) is 1. The smallest absolute Gasteiger partial charge is 0.246 e. The lowest BCUT2D eigenvalue weighted by atomic mass is 10.0. The summed E-state index contributed by atoms with van der Waals surface area (Å²) in [6.07, 6.45) is 0. The molecule has 0 heterocycles. The van der Waals surface area contributed by atoms with Crippen molar-refractivity contribution in [3.63, 3.8) is 0 Å². The second kappa shape index (κ2) is 7.99. The fourth-order valence-electron chi connectivity index (χ4n) is 2.57. The fraction of sp³-hybridized carbons (Fsp3) is 0.316. The molecule has 0 radical (unpaired) electrons. The Morgan fingerprint density at radius 1 is 1.12 bits per heavy atom. The lowest BCUT2D eigenvalue weighted by molar-refractivity contribution is -0.137. The lowest BCUT2D eigenvalue weighted by Gasteiger charge is -2.31. The molecular weight excluding hydrogens is 352 g/mol. The summed E-state index contributed by atoms with van der Waals surface area (Å²) in [4.78, 5) is 14.2. The number of hydrogen-bond acceptors (Lipinski definition) is 4. The molecule has 6 nitrogen and oxygen atoms in total. The van der Waals surface area contributed by atoms with Gasteiger partial charge in [-0.2, -0.15) is 4.72 Å². The molecule has 2 rings (SSSR count). The van der Waals surface area contributed by atoms with Crippen molar-refractivity contribution in [1.82, 2.24) is 9.62 Å². The Hall–Kier alpha value is -2.22. The molecule has 2 N–H and O–H groups in total. The number of carbonyl (C=O) groups excluding carboxylic acids is 1. The quantitative estimate of drug-likeness (QED) is 0.770. The molecule has 1 atom stereocenters. The van der Waals surface area contributed by atoms with Gasteiger partial charge < -0.3 is 10.0 Å². The zero-order valence-electron chi connectivity index (χ0n) is 15.1. The standard InChI is InChI=1S/C19H24N2O4S/c1-15-9-11-17(12-10-15)26(24,25)20-19(2,14-22)18(23)21(3)13-16-7-5-4-6-8-16/h4-12,20,22H,13-14H2,1-3H3. The van der Waals surface area contributed by atoms with Crippen LogP contribution in [0, 0.1) is 6.92 Å². The van der Waals surface area contributed by atoms with E-state index in [0.717, 1.165) is 11.1 Å². The van der Waals surface area contributed by atoms with Gasteiger partial charge in [0.25, 0.3) is 0 Å². The molecule has 140 valence electrons. The van der Waals surface area contributed by atoms with E-state index in [1.165, 1.54) is 24.0 Å². The predicted molar refractivity (Wildman–Crippen MR) is 99.9 cm³/mol. The highest BCUT2D eigenvalue weighted by Gasteiger charge is 2.39. The van der Waals surface area contributed by atoms with Crippen molar-refractivity contribution in [3.8, 4) is 0 Å². The number of aryl methyl sites for hydroxylation is 1. The first-order valence-electron chi connectivity index (χ1n) is 8.19. The molecule has 0 fully saturated rings. The third-order valence-electron chi connectivity index (χ3n) is 4.09. The maximum Gasteiger partial charge on any atom is 0.246 e. The molecule has 0 aliphatic carbocycles. The summed E-state index contributed by atoms with van der Waals surface area (Å²) >= 11 is 0. The van der Waals surface area contributed by atoms with Crippen molar-refractivity contribution < 1.29 is 18.3 Å². The summed E-state index contributed by atoms with van der Waals surface area (Å²) < 4.78 is 27.6. The van der Waals surface area contributed by atoms with Gasteiger partial charge in [0.2, 0.25) is 15.9 Å². The van der Waals surface area contributed by atoms with E-state index in [1.807, 2.05) is 37.3 Å². The van der Waals surface area contributed by atoms with Crippen LogP contribution in [0.4, 0.5) is 0 Å². The highest BCUT2D eigenvalue weighted by molar-refractivity contribution is 7.89. The molecule has 0 bridgehead atoms. The van der Waals surface area contributed by atoms with Crippen molar-refractivity contribution in [1.29, 1.82) is 0 Å². The number of likely N-dealkylation sites (N-methyl/N-ethyl adjacent to an activating group) is 1. The highest BCUT2D eigenvalue weighted by atomic mass is 32.2. The Morgan fingerprint density at radius 2 is 1.69 bits per heavy atom. The van der Waals surface area contributed by atoms with Gasteiger partial charge in [-0.15, -0.1) is 0 Å². The summed E-state index contributed by atoms with van der Waals surface area (Å²) in [5.74, 6) is -0.514. The van der Waals surface area contributed by atoms with E-state index in [2.05, 4.69) is 4.72 Å². The van der Waals surface area contributed by atoms with E-state index < -0.39 is 28.1 Å². The second-order valence-corrected chi connectivity index (χ2v) is 8.24. The van der Waals surface area contributed by atoms with E-state index in [9.17, 15) is 18.3 Å². The minimum Gasteiger partial charge on any atom is -0.394 e. The van der Waals surface area contributed by atoms with Crippen molar-refractivity contribution in [2.24, 2.45) is 0 Å². The minimum atomic E-state index is -3.96. The first kappa shape index (κ1) is 20.1. The van der Waals surface area contributed by atoms with Crippen molar-refractivity contribution in [3.05, 3.63) is 65.7 Å². The number of amides is 1. The van der Waals surface area contributed by atoms with Crippen LogP contribution in [0.5, 0.6) is 0 Å². The Labute approximate surface area is 154 Å². The largest absolute Gasteiger partial charge is 0.394 e. The summed E-state index contributed by atoms with van der Waals surface area (Å²) in [6.45, 7) is 2.88. The normalized spacial score (nSPS) is 13.8. The SMILES string of the molecule is Cc1ccc(S(=O)(=O)NC(C)(CO)C(=O)N(C)Cc2ccccc2)cc1. The number of sulfonamides is 1. The van der Waals surface area contributed by atoms with Crippen LogP contribution in [-0.4, -0.2) is 43.5 Å². The van der Waals surface area contributed by atoms with Gasteiger partial charge in [0.1, 0.15) is 5.54 Å². The highest BCUT2D eigenvalue weighted by Crippen LogP contribution is 2.17. The van der Waals surface area contributed by atoms with Gasteiger partial charge in [0.15, 0.2) is 0 Å². The number of carbonyl (C=O) groups is 1. The van der Waals surface area contributed by atoms with Crippen LogP contribution in [0.25, 0.3) is 0 Å². The summed E-state index contributed by atoms with van der Waals surface area (Å²) in [5, 5.41) is 9.75. The van der Waals surface area contributed by atoms with E-state index in [4.69, 9.17) is 0 Å². The Bertz CT molecular complexity index is 851. The lowest BCUT2D eigenvalue weighted by Crippen LogP contribution is -2.59. The van der Waals surface area contributed by atoms with Crippen LogP contribution >= 0.6 is 0 Å². The number of hydrogen-bond donors (Lipinski definition) is 2. The average molecular weight is 376 g/mol. The molecule has 1 unspecified atom stereocenters. The van der Waals surface area contributed by atoms with E-state index >= 15 is 0 Å². The van der Waals surface area contributed by atoms with Crippen LogP contribution in [0.1, 0.15) is 18.1 Å². The number of nitrogens with zero attached hydrogens (tertiary/aromatic N) is 1. The monoisotopic (exact) mass is 376 g/mol. The average Bonchev–Trinajstić information content (AvgIpc) is 2.61. The first-order chi connectivity index (χ1) is 12.2. The summed E-state index contributed by atoms with van der Waals surface area (Å²) in [5.41, 5.74) is 0.172. The Balaban J connectivity index is 2.20. The van der Waals surface area contributed by atoms with Crippen LogP contribution in [-0.2, 0) is 21.4 Å². The number of aliphatic hydroxyl groups is 1. The van der Waals surface area contributed by atoms with Crippen LogP contribution in [0.2, 0.25) is 0 Å². The molecule has 0 saturated carbocycles. The van der Waals surface area contributed by atoms with Gasteiger partial charge in [-0.1, -0.05) is 48.0 Å². The first-order valence-corrected chi connectivity index (χ1v) is 9.67. The molecule has 2 aromatic rings. The van der Waals surface area contributed by atoms with Crippen LogP contribution in [0.15, 0.2) is 59.5 Å². The molecule has 1 amide bonds. The molecule has 2 aromatic carbocycles. The van der Waals surface area contributed by atoms with Crippen LogP contribution in [0.3, 0.4) is 0 Å². The maximum atomic E-state index is 12.8. The van der Waals surface area contributed by atoms with E-state index in [1.54, 1.807) is 19.2 Å². The maximum absolute atomic E-state index is 12.8. The third kappa shape index (κ3) is 4.69. The zero-order chi connectivity index (χ0) is 19.4. The Kier molecular flexibility index (Phi) is 6.17. The fourth-order valence-corrected chi connectivity index (χ4v) is 3.92. The molecule has 0 aliphatic rings. The molecule has 26 heavy (non-hydrogen) atoms. The van der Waals surface area contributed by atoms with Crippen molar-refractivity contribution in [2.45, 2.75) is 30.8 Å². The molecule has 7 heteroatoms. The van der Waals surface area contributed by atoms with Crippen LogP contribution < -0.4 is 4.72 Å². The number of rotatable bonds is 7. The van der Waals surface area contributed by atoms with Gasteiger partial charge in [0, 0.05) is 13.6 Å². The van der Waals surface area contributed by atoms with E-state index in [0.29, 0.717) is 6.54 Å². The summed E-state index contributed by atoms with van der Waals surface area (Å²) in [7, 11) is -2.38. The molecule has 0 aliphatic heterocycles. The van der Waals surface area contributed by atoms with Crippen molar-refractivity contribution >= 4 is 15.9 Å². The molecule has 0 spiro atoms.